The Morgan fingerprint density at radius 1 is 0.604 bits per heavy atom. The highest BCUT2D eigenvalue weighted by molar-refractivity contribution is 5.87. The van der Waals surface area contributed by atoms with E-state index in [1.54, 1.807) is 20.8 Å². The van der Waals surface area contributed by atoms with Crippen LogP contribution in [0.4, 0.5) is 13.2 Å². The van der Waals surface area contributed by atoms with E-state index in [-0.39, 0.29) is 79.9 Å². The van der Waals surface area contributed by atoms with Crippen LogP contribution in [0.1, 0.15) is 192 Å². The van der Waals surface area contributed by atoms with Crippen molar-refractivity contribution in [1.29, 1.82) is 0 Å². The summed E-state index contributed by atoms with van der Waals surface area (Å²) in [7, 11) is 0. The molecule has 0 aromatic carbocycles. The average molecular weight is 773 g/mol. The maximum absolute atomic E-state index is 12.4. The van der Waals surface area contributed by atoms with Crippen molar-refractivity contribution < 1.29 is 46.6 Å². The SMILES string of the molecule is C.C.C.C.C.C.CCC(C)(C)C(=O)OC(C)C(F)(F)F.CCC(C)(C)C(=O)OC12CC3CC(CC(C3)C1)C2.CCC(C)(C)C(=O)OCC(=O)C(C)(C)C. The van der Waals surface area contributed by atoms with Crippen molar-refractivity contribution in [2.45, 2.75) is 210 Å². The maximum Gasteiger partial charge on any atom is 0.425 e. The molecule has 0 radical (unpaired) electrons. The van der Waals surface area contributed by atoms with Crippen LogP contribution in [0.25, 0.3) is 0 Å². The monoisotopic (exact) mass is 773 g/mol. The molecule has 1 atom stereocenters. The predicted octanol–water partition coefficient (Wildman–Crippen LogP) is 13.2. The summed E-state index contributed by atoms with van der Waals surface area (Å²) in [5.41, 5.74) is -2.20. The van der Waals surface area contributed by atoms with E-state index < -0.39 is 34.5 Å². The fraction of sp³-hybridized carbons (Fsp3) is 0.907. The molecule has 322 valence electrons. The van der Waals surface area contributed by atoms with Gasteiger partial charge in [0.1, 0.15) is 5.60 Å². The van der Waals surface area contributed by atoms with Crippen molar-refractivity contribution >= 4 is 23.7 Å². The quantitative estimate of drug-likeness (QED) is 0.161. The molecule has 4 aliphatic carbocycles. The molecule has 4 fully saturated rings. The van der Waals surface area contributed by atoms with Crippen LogP contribution in [0.3, 0.4) is 0 Å². The van der Waals surface area contributed by atoms with Gasteiger partial charge in [-0.25, -0.2) is 0 Å². The predicted molar refractivity (Wildman–Crippen MR) is 217 cm³/mol. The second-order valence-electron chi connectivity index (χ2n) is 17.0. The van der Waals surface area contributed by atoms with E-state index in [0.29, 0.717) is 12.8 Å². The molecule has 53 heavy (non-hydrogen) atoms. The zero-order valence-corrected chi connectivity index (χ0v) is 31.4. The number of rotatable bonds is 10. The first kappa shape index (κ1) is 62.8. The molecule has 4 rings (SSSR count). The molecule has 0 aliphatic heterocycles. The number of alkyl halides is 3. The molecule has 4 saturated carbocycles. The van der Waals surface area contributed by atoms with Crippen molar-refractivity contribution in [2.75, 3.05) is 6.61 Å². The summed E-state index contributed by atoms with van der Waals surface area (Å²) >= 11 is 0. The standard InChI is InChI=1S/C16H26O2.C12H22O3.C9H15F3O2.6CH4/c1-4-15(2,3)14(17)18-16-8-11-5-12(9-16)7-13(6-11)10-16;1-7-12(5,6)10(14)15-8-9(13)11(2,3)4;1-5-8(3,4)7(13)14-6(2)9(10,11)12;;;;;;/h11-13H,4-10H2,1-3H3;7-8H2,1-6H3;6H,5H2,1-4H3;6*1H4. The van der Waals surface area contributed by atoms with Gasteiger partial charge in [0.15, 0.2) is 18.5 Å². The van der Waals surface area contributed by atoms with Gasteiger partial charge in [0.05, 0.1) is 16.2 Å². The molecule has 10 heteroatoms. The number of ether oxygens (including phenoxy) is 3. The number of hydrogen-bond acceptors (Lipinski definition) is 7. The van der Waals surface area contributed by atoms with Crippen LogP contribution in [0, 0.1) is 39.4 Å². The number of carbonyl (C=O) groups is 4. The van der Waals surface area contributed by atoms with Crippen LogP contribution in [0.5, 0.6) is 0 Å². The summed E-state index contributed by atoms with van der Waals surface area (Å²) < 4.78 is 51.4. The molecule has 4 bridgehead atoms. The van der Waals surface area contributed by atoms with E-state index in [0.717, 1.165) is 50.4 Å². The highest BCUT2D eigenvalue weighted by Gasteiger charge is 2.54. The number of carbonyl (C=O) groups excluding carboxylic acids is 4. The zero-order chi connectivity index (χ0) is 36.8. The van der Waals surface area contributed by atoms with E-state index in [2.05, 4.69) is 11.7 Å². The number of ketones is 1. The minimum Gasteiger partial charge on any atom is -0.459 e. The Hall–Kier alpha value is -2.13. The zero-order valence-electron chi connectivity index (χ0n) is 31.4. The highest BCUT2D eigenvalue weighted by atomic mass is 19.4. The van der Waals surface area contributed by atoms with Crippen LogP contribution < -0.4 is 0 Å². The second kappa shape index (κ2) is 23.7. The molecular formula is C43H87F3O7. The molecule has 0 aromatic rings. The summed E-state index contributed by atoms with van der Waals surface area (Å²) in [6.45, 7) is 22.6. The van der Waals surface area contributed by atoms with Gasteiger partial charge in [0.25, 0.3) is 0 Å². The Labute approximate surface area is 326 Å². The fourth-order valence-electron chi connectivity index (χ4n) is 5.85. The molecule has 0 amide bonds. The highest BCUT2D eigenvalue weighted by Crippen LogP contribution is 2.57. The Morgan fingerprint density at radius 3 is 1.23 bits per heavy atom. The lowest BCUT2D eigenvalue weighted by molar-refractivity contribution is -0.221. The third-order valence-corrected chi connectivity index (χ3v) is 10.5. The van der Waals surface area contributed by atoms with Gasteiger partial charge in [-0.15, -0.1) is 0 Å². The minimum absolute atomic E-state index is 0. The smallest absolute Gasteiger partial charge is 0.425 e. The lowest BCUT2D eigenvalue weighted by Gasteiger charge is -2.56. The summed E-state index contributed by atoms with van der Waals surface area (Å²) in [5, 5.41) is 0. The first-order chi connectivity index (χ1) is 21.1. The molecule has 1 unspecified atom stereocenters. The molecule has 4 aliphatic rings. The average Bonchev–Trinajstić information content (AvgIpc) is 2.94. The molecule has 7 nitrogen and oxygen atoms in total. The summed E-state index contributed by atoms with van der Waals surface area (Å²) in [6.07, 6.45) is 3.10. The number of Topliss-reactive ketones (excluding diaryl/α,β-unsaturated/α-hetero) is 1. The number of esters is 3. The van der Waals surface area contributed by atoms with Crippen molar-refractivity contribution in [1.82, 2.24) is 0 Å². The van der Waals surface area contributed by atoms with Crippen LogP contribution in [-0.4, -0.2) is 48.2 Å². The largest absolute Gasteiger partial charge is 0.459 e. The van der Waals surface area contributed by atoms with Gasteiger partial charge in [-0.1, -0.05) is 86.1 Å². The van der Waals surface area contributed by atoms with Crippen LogP contribution >= 0.6 is 0 Å². The first-order valence-corrected chi connectivity index (χ1v) is 17.4. The lowest BCUT2D eigenvalue weighted by Crippen LogP contribution is -2.53. The van der Waals surface area contributed by atoms with Gasteiger partial charge in [-0.3, -0.25) is 19.2 Å². The summed E-state index contributed by atoms with van der Waals surface area (Å²) in [4.78, 5) is 46.6. The van der Waals surface area contributed by atoms with E-state index in [9.17, 15) is 32.3 Å². The van der Waals surface area contributed by atoms with Crippen LogP contribution in [-0.2, 0) is 33.4 Å². The normalized spacial score (nSPS) is 21.8. The number of halogens is 3. The lowest BCUT2D eigenvalue weighted by atomic mass is 9.54. The minimum atomic E-state index is -4.49. The van der Waals surface area contributed by atoms with Gasteiger partial charge >= 0.3 is 24.1 Å². The van der Waals surface area contributed by atoms with Gasteiger partial charge in [-0.05, 0) is 124 Å². The molecule has 0 N–H and O–H groups in total. The van der Waals surface area contributed by atoms with E-state index >= 15 is 0 Å². The van der Waals surface area contributed by atoms with E-state index in [1.165, 1.54) is 19.3 Å². The van der Waals surface area contributed by atoms with Gasteiger partial charge in [0, 0.05) is 5.41 Å². The Kier molecular flexibility index (Phi) is 28.1. The summed E-state index contributed by atoms with van der Waals surface area (Å²) in [6, 6.07) is 0. The van der Waals surface area contributed by atoms with Crippen molar-refractivity contribution in [3.63, 3.8) is 0 Å². The van der Waals surface area contributed by atoms with Gasteiger partial charge in [0.2, 0.25) is 0 Å². The van der Waals surface area contributed by atoms with E-state index in [1.807, 2.05) is 55.4 Å². The molecular weight excluding hydrogens is 685 g/mol. The fourth-order valence-corrected chi connectivity index (χ4v) is 5.85. The van der Waals surface area contributed by atoms with E-state index in [4.69, 9.17) is 9.47 Å². The van der Waals surface area contributed by atoms with Gasteiger partial charge < -0.3 is 14.2 Å². The third kappa shape index (κ3) is 18.8. The van der Waals surface area contributed by atoms with Crippen LogP contribution in [0.2, 0.25) is 0 Å². The molecule has 0 spiro atoms. The maximum atomic E-state index is 12.4. The number of hydrogen-bond donors (Lipinski definition) is 0. The topological polar surface area (TPSA) is 96.0 Å². The third-order valence-electron chi connectivity index (χ3n) is 10.5. The molecule has 0 aromatic heterocycles. The Morgan fingerprint density at radius 2 is 0.925 bits per heavy atom. The Bertz CT molecular complexity index is 1050. The molecule has 0 heterocycles. The van der Waals surface area contributed by atoms with Crippen molar-refractivity contribution in [2.24, 2.45) is 39.4 Å². The van der Waals surface area contributed by atoms with Crippen molar-refractivity contribution in [3.05, 3.63) is 0 Å². The second-order valence-corrected chi connectivity index (χ2v) is 17.0. The van der Waals surface area contributed by atoms with Gasteiger partial charge in [-0.2, -0.15) is 13.2 Å². The van der Waals surface area contributed by atoms with Crippen LogP contribution in [0.15, 0.2) is 0 Å². The first-order valence-electron chi connectivity index (χ1n) is 17.4. The summed E-state index contributed by atoms with van der Waals surface area (Å²) in [5.74, 6) is 1.39. The Balaban J connectivity index is -0.000000150. The van der Waals surface area contributed by atoms with Crippen molar-refractivity contribution in [3.8, 4) is 0 Å². The molecule has 0 saturated heterocycles.